The fourth-order valence-electron chi connectivity index (χ4n) is 1.41. The van der Waals surface area contributed by atoms with Gasteiger partial charge in [0.15, 0.2) is 5.96 Å². The molecule has 1 aromatic rings. The lowest BCUT2D eigenvalue weighted by Gasteiger charge is -2.15. The molecule has 0 saturated carbocycles. The topological polar surface area (TPSA) is 85.8 Å². The standard InChI is InChI=1S/C13H23N7O.HI/c1-14-12(17-9-11(21)19(2)3)16-8-10-6-7-15-13(18-10)20(4)5;/h6-7H,8-9H2,1-5H3,(H2,14,16,17);1H. The van der Waals surface area contributed by atoms with E-state index in [0.717, 1.165) is 5.69 Å². The number of guanidine groups is 1. The Morgan fingerprint density at radius 2 is 1.95 bits per heavy atom. The van der Waals surface area contributed by atoms with Crippen LogP contribution in [0.2, 0.25) is 0 Å². The van der Waals surface area contributed by atoms with Gasteiger partial charge in [0.1, 0.15) is 0 Å². The van der Waals surface area contributed by atoms with Crippen LogP contribution in [0.25, 0.3) is 0 Å². The first-order valence-electron chi connectivity index (χ1n) is 6.58. The van der Waals surface area contributed by atoms with Crippen molar-refractivity contribution >= 4 is 41.8 Å². The molecule has 8 nitrogen and oxygen atoms in total. The molecule has 0 fully saturated rings. The van der Waals surface area contributed by atoms with Gasteiger partial charge in [-0.15, -0.1) is 24.0 Å². The molecule has 0 radical (unpaired) electrons. The van der Waals surface area contributed by atoms with Crippen LogP contribution < -0.4 is 15.5 Å². The van der Waals surface area contributed by atoms with E-state index in [1.807, 2.05) is 25.1 Å². The first-order valence-corrected chi connectivity index (χ1v) is 6.58. The van der Waals surface area contributed by atoms with E-state index in [4.69, 9.17) is 0 Å². The van der Waals surface area contributed by atoms with E-state index >= 15 is 0 Å². The molecule has 1 aromatic heterocycles. The van der Waals surface area contributed by atoms with Crippen LogP contribution in [0.5, 0.6) is 0 Å². The maximum absolute atomic E-state index is 11.5. The van der Waals surface area contributed by atoms with Crippen LogP contribution in [-0.2, 0) is 11.3 Å². The average Bonchev–Trinajstić information content (AvgIpc) is 2.47. The molecule has 0 aromatic carbocycles. The minimum absolute atomic E-state index is 0. The number of aliphatic imine (C=N–C) groups is 1. The van der Waals surface area contributed by atoms with Gasteiger partial charge in [-0.25, -0.2) is 9.97 Å². The zero-order valence-corrected chi connectivity index (χ0v) is 16.0. The van der Waals surface area contributed by atoms with Crippen LogP contribution >= 0.6 is 24.0 Å². The number of carbonyl (C=O) groups excluding carboxylic acids is 1. The number of amides is 1. The van der Waals surface area contributed by atoms with Crippen LogP contribution in [-0.4, -0.2) is 68.5 Å². The zero-order valence-electron chi connectivity index (χ0n) is 13.6. The predicted octanol–water partition coefficient (Wildman–Crippen LogP) is -0.0862. The lowest BCUT2D eigenvalue weighted by molar-refractivity contribution is -0.127. The minimum Gasteiger partial charge on any atom is -0.351 e. The zero-order chi connectivity index (χ0) is 15.8. The summed E-state index contributed by atoms with van der Waals surface area (Å²) in [5, 5.41) is 6.06. The molecule has 124 valence electrons. The summed E-state index contributed by atoms with van der Waals surface area (Å²) < 4.78 is 0. The van der Waals surface area contributed by atoms with Crippen molar-refractivity contribution in [2.75, 3.05) is 46.7 Å². The first-order chi connectivity index (χ1) is 9.93. The number of halogens is 1. The Hall–Kier alpha value is -1.65. The second kappa shape index (κ2) is 10.1. The molecule has 2 N–H and O–H groups in total. The molecule has 1 heterocycles. The Bertz CT molecular complexity index is 505. The van der Waals surface area contributed by atoms with Gasteiger partial charge in [-0.3, -0.25) is 9.79 Å². The summed E-state index contributed by atoms with van der Waals surface area (Å²) in [4.78, 5) is 27.5. The van der Waals surface area contributed by atoms with Crippen LogP contribution in [0, 0.1) is 0 Å². The molecular weight excluding hydrogens is 397 g/mol. The molecule has 0 bridgehead atoms. The Labute approximate surface area is 148 Å². The summed E-state index contributed by atoms with van der Waals surface area (Å²) in [6, 6.07) is 1.83. The molecule has 0 atom stereocenters. The molecule has 1 rings (SSSR count). The molecule has 0 spiro atoms. The van der Waals surface area contributed by atoms with Crippen LogP contribution in [0.4, 0.5) is 5.95 Å². The van der Waals surface area contributed by atoms with E-state index in [1.165, 1.54) is 4.90 Å². The summed E-state index contributed by atoms with van der Waals surface area (Å²) in [6.07, 6.45) is 1.71. The van der Waals surface area contributed by atoms with Gasteiger partial charge < -0.3 is 20.4 Å². The Morgan fingerprint density at radius 1 is 1.27 bits per heavy atom. The van der Waals surface area contributed by atoms with E-state index in [-0.39, 0.29) is 36.4 Å². The molecule has 22 heavy (non-hydrogen) atoms. The number of aromatic nitrogens is 2. The van der Waals surface area contributed by atoms with Crippen molar-refractivity contribution in [3.8, 4) is 0 Å². The predicted molar refractivity (Wildman–Crippen MR) is 98.7 cm³/mol. The highest BCUT2D eigenvalue weighted by atomic mass is 127. The lowest BCUT2D eigenvalue weighted by Crippen LogP contribution is -2.42. The van der Waals surface area contributed by atoms with Gasteiger partial charge in [0.25, 0.3) is 0 Å². The van der Waals surface area contributed by atoms with Crippen molar-refractivity contribution in [1.29, 1.82) is 0 Å². The third kappa shape index (κ3) is 6.87. The number of rotatable bonds is 5. The molecule has 0 aliphatic carbocycles. The van der Waals surface area contributed by atoms with Gasteiger partial charge in [0.2, 0.25) is 11.9 Å². The summed E-state index contributed by atoms with van der Waals surface area (Å²) >= 11 is 0. The molecule has 9 heteroatoms. The fraction of sp³-hybridized carbons (Fsp3) is 0.538. The maximum Gasteiger partial charge on any atom is 0.241 e. The number of nitrogens with one attached hydrogen (secondary N) is 2. The summed E-state index contributed by atoms with van der Waals surface area (Å²) in [6.45, 7) is 0.693. The monoisotopic (exact) mass is 421 g/mol. The van der Waals surface area contributed by atoms with Crippen molar-refractivity contribution in [3.05, 3.63) is 18.0 Å². The van der Waals surface area contributed by atoms with Gasteiger partial charge >= 0.3 is 0 Å². The normalized spacial score (nSPS) is 10.5. The number of likely N-dealkylation sites (N-methyl/N-ethyl adjacent to an activating group) is 1. The number of carbonyl (C=O) groups is 1. The van der Waals surface area contributed by atoms with E-state index in [2.05, 4.69) is 25.6 Å². The SMILES string of the molecule is CN=C(NCC(=O)N(C)C)NCc1ccnc(N(C)C)n1.I. The minimum atomic E-state index is -0.0186. The lowest BCUT2D eigenvalue weighted by atomic mass is 10.4. The van der Waals surface area contributed by atoms with E-state index in [9.17, 15) is 4.79 Å². The largest absolute Gasteiger partial charge is 0.351 e. The van der Waals surface area contributed by atoms with Crippen molar-refractivity contribution in [2.24, 2.45) is 4.99 Å². The Kier molecular flexibility index (Phi) is 9.38. The van der Waals surface area contributed by atoms with Crippen molar-refractivity contribution < 1.29 is 4.79 Å². The number of nitrogens with zero attached hydrogens (tertiary/aromatic N) is 5. The molecule has 0 aliphatic heterocycles. The summed E-state index contributed by atoms with van der Waals surface area (Å²) in [5.41, 5.74) is 0.843. The molecule has 0 saturated heterocycles. The van der Waals surface area contributed by atoms with Crippen molar-refractivity contribution in [2.45, 2.75) is 6.54 Å². The van der Waals surface area contributed by atoms with E-state index in [0.29, 0.717) is 18.5 Å². The third-order valence-electron chi connectivity index (χ3n) is 2.67. The van der Waals surface area contributed by atoms with Crippen molar-refractivity contribution in [3.63, 3.8) is 0 Å². The number of hydrogen-bond acceptors (Lipinski definition) is 5. The van der Waals surface area contributed by atoms with E-state index in [1.54, 1.807) is 27.3 Å². The molecule has 1 amide bonds. The Morgan fingerprint density at radius 3 is 2.50 bits per heavy atom. The quantitative estimate of drug-likeness (QED) is 0.393. The molecule has 0 unspecified atom stereocenters. The van der Waals surface area contributed by atoms with Gasteiger partial charge in [-0.1, -0.05) is 0 Å². The average molecular weight is 421 g/mol. The highest BCUT2D eigenvalue weighted by Crippen LogP contribution is 2.02. The highest BCUT2D eigenvalue weighted by Gasteiger charge is 2.06. The van der Waals surface area contributed by atoms with Gasteiger partial charge in [-0.05, 0) is 6.07 Å². The van der Waals surface area contributed by atoms with E-state index < -0.39 is 0 Å². The van der Waals surface area contributed by atoms with Gasteiger partial charge in [0.05, 0.1) is 18.8 Å². The summed E-state index contributed by atoms with van der Waals surface area (Å²) in [5.74, 6) is 1.19. The number of anilines is 1. The van der Waals surface area contributed by atoms with Crippen molar-refractivity contribution in [1.82, 2.24) is 25.5 Å². The summed E-state index contributed by atoms with van der Waals surface area (Å²) in [7, 11) is 8.86. The third-order valence-corrected chi connectivity index (χ3v) is 2.67. The van der Waals surface area contributed by atoms with Crippen LogP contribution in [0.1, 0.15) is 5.69 Å². The van der Waals surface area contributed by atoms with Gasteiger partial charge in [-0.2, -0.15) is 0 Å². The Balaban J connectivity index is 0.00000441. The maximum atomic E-state index is 11.5. The molecule has 0 aliphatic rings. The second-order valence-corrected chi connectivity index (χ2v) is 4.81. The first kappa shape index (κ1) is 20.3. The highest BCUT2D eigenvalue weighted by molar-refractivity contribution is 14.0. The number of hydrogen-bond donors (Lipinski definition) is 2. The molecular formula is C13H24IN7O. The second-order valence-electron chi connectivity index (χ2n) is 4.81. The van der Waals surface area contributed by atoms with Crippen LogP contribution in [0.15, 0.2) is 17.3 Å². The van der Waals surface area contributed by atoms with Crippen LogP contribution in [0.3, 0.4) is 0 Å². The van der Waals surface area contributed by atoms with Gasteiger partial charge in [0, 0.05) is 41.4 Å². The fourth-order valence-corrected chi connectivity index (χ4v) is 1.41. The smallest absolute Gasteiger partial charge is 0.241 e.